The number of carboxylic acids is 2. The van der Waals surface area contributed by atoms with Gasteiger partial charge >= 0.3 is 11.9 Å². The van der Waals surface area contributed by atoms with Crippen LogP contribution in [0, 0.1) is 0 Å². The highest BCUT2D eigenvalue weighted by Gasteiger charge is 2.22. The summed E-state index contributed by atoms with van der Waals surface area (Å²) in [7, 11) is 0. The second-order valence-electron chi connectivity index (χ2n) is 5.48. The fraction of sp³-hybridized carbons (Fsp3) is 0.333. The molecule has 1 aromatic heterocycles. The molecule has 8 nitrogen and oxygen atoms in total. The van der Waals surface area contributed by atoms with Crippen molar-refractivity contribution >= 4 is 22.8 Å². The van der Waals surface area contributed by atoms with Crippen molar-refractivity contribution in [3.05, 3.63) is 35.5 Å². The molecule has 3 atom stereocenters. The number of rotatable bonds is 7. The lowest BCUT2D eigenvalue weighted by atomic mass is 9.99. The Balaban J connectivity index is 2.23. The second kappa shape index (κ2) is 6.78. The SMILES string of the molecule is NC(Cc1c[nH]c2ccc(CC(O)C(N)C(=O)O)cc12)C(=O)O. The van der Waals surface area contributed by atoms with E-state index in [1.807, 2.05) is 0 Å². The van der Waals surface area contributed by atoms with Gasteiger partial charge in [0.05, 0.1) is 6.10 Å². The normalized spacial score (nSPS) is 15.3. The Hall–Kier alpha value is -2.42. The molecule has 2 aromatic rings. The Morgan fingerprint density at radius 2 is 1.83 bits per heavy atom. The molecule has 8 N–H and O–H groups in total. The van der Waals surface area contributed by atoms with Crippen LogP contribution in [0.2, 0.25) is 0 Å². The molecule has 0 radical (unpaired) electrons. The minimum atomic E-state index is -1.36. The van der Waals surface area contributed by atoms with Gasteiger partial charge in [-0.15, -0.1) is 0 Å². The summed E-state index contributed by atoms with van der Waals surface area (Å²) < 4.78 is 0. The number of nitrogens with two attached hydrogens (primary N) is 2. The lowest BCUT2D eigenvalue weighted by Gasteiger charge is -2.15. The molecule has 1 heterocycles. The number of aliphatic hydroxyl groups is 1. The third-order valence-electron chi connectivity index (χ3n) is 3.73. The van der Waals surface area contributed by atoms with Crippen molar-refractivity contribution in [1.29, 1.82) is 0 Å². The molecule has 3 unspecified atom stereocenters. The van der Waals surface area contributed by atoms with Crippen LogP contribution in [0.15, 0.2) is 24.4 Å². The summed E-state index contributed by atoms with van der Waals surface area (Å²) >= 11 is 0. The molecule has 8 heteroatoms. The van der Waals surface area contributed by atoms with Crippen LogP contribution in [0.1, 0.15) is 11.1 Å². The summed E-state index contributed by atoms with van der Waals surface area (Å²) in [6.07, 6.45) is 0.722. The highest BCUT2D eigenvalue weighted by atomic mass is 16.4. The van der Waals surface area contributed by atoms with E-state index in [2.05, 4.69) is 4.98 Å². The van der Waals surface area contributed by atoms with E-state index in [4.69, 9.17) is 21.7 Å². The number of carboxylic acid groups (broad SMARTS) is 2. The van der Waals surface area contributed by atoms with E-state index in [1.54, 1.807) is 24.4 Å². The van der Waals surface area contributed by atoms with Crippen molar-refractivity contribution < 1.29 is 24.9 Å². The number of carbonyl (C=O) groups is 2. The van der Waals surface area contributed by atoms with Gasteiger partial charge in [-0.05, 0) is 23.3 Å². The first kappa shape index (κ1) is 16.9. The summed E-state index contributed by atoms with van der Waals surface area (Å²) in [6.45, 7) is 0. The van der Waals surface area contributed by atoms with Crippen molar-refractivity contribution in [3.63, 3.8) is 0 Å². The Morgan fingerprint density at radius 1 is 1.13 bits per heavy atom. The van der Waals surface area contributed by atoms with Gasteiger partial charge in [0.15, 0.2) is 0 Å². The van der Waals surface area contributed by atoms with Crippen LogP contribution >= 0.6 is 0 Å². The van der Waals surface area contributed by atoms with E-state index in [9.17, 15) is 14.7 Å². The lowest BCUT2D eigenvalue weighted by molar-refractivity contribution is -0.141. The highest BCUT2D eigenvalue weighted by Crippen LogP contribution is 2.22. The molecule has 1 aromatic carbocycles. The third-order valence-corrected chi connectivity index (χ3v) is 3.73. The first-order valence-corrected chi connectivity index (χ1v) is 7.03. The van der Waals surface area contributed by atoms with Crippen LogP contribution < -0.4 is 11.5 Å². The van der Waals surface area contributed by atoms with Gasteiger partial charge in [-0.1, -0.05) is 6.07 Å². The number of nitrogens with one attached hydrogen (secondary N) is 1. The van der Waals surface area contributed by atoms with E-state index in [0.717, 1.165) is 16.5 Å². The maximum Gasteiger partial charge on any atom is 0.323 e. The quantitative estimate of drug-likeness (QED) is 0.398. The van der Waals surface area contributed by atoms with Crippen LogP contribution in [0.25, 0.3) is 10.9 Å². The maximum absolute atomic E-state index is 10.9. The predicted molar refractivity (Wildman–Crippen MR) is 82.9 cm³/mol. The monoisotopic (exact) mass is 321 g/mol. The minimum absolute atomic E-state index is 0.0824. The maximum atomic E-state index is 10.9. The highest BCUT2D eigenvalue weighted by molar-refractivity contribution is 5.85. The standard InChI is InChI=1S/C15H19N3O5/c16-10(14(20)21)5-8-6-18-11-2-1-7(3-9(8)11)4-12(19)13(17)15(22)23/h1-3,6,10,12-13,18-19H,4-5,16-17H2,(H,20,21)(H,22,23). The Bertz CT molecular complexity index is 727. The van der Waals surface area contributed by atoms with Crippen molar-refractivity contribution in [2.45, 2.75) is 31.0 Å². The number of aliphatic carboxylic acids is 2. The van der Waals surface area contributed by atoms with E-state index < -0.39 is 30.1 Å². The van der Waals surface area contributed by atoms with Crippen molar-refractivity contribution in [2.24, 2.45) is 11.5 Å². The van der Waals surface area contributed by atoms with E-state index in [1.165, 1.54) is 0 Å². The molecule has 0 saturated heterocycles. The molecule has 0 fully saturated rings. The molecule has 124 valence electrons. The molecule has 0 spiro atoms. The van der Waals surface area contributed by atoms with E-state index >= 15 is 0 Å². The van der Waals surface area contributed by atoms with Gasteiger partial charge in [0.1, 0.15) is 12.1 Å². The summed E-state index contributed by atoms with van der Waals surface area (Å²) in [4.78, 5) is 24.7. The number of hydrogen-bond donors (Lipinski definition) is 6. The van der Waals surface area contributed by atoms with Gasteiger partial charge in [-0.2, -0.15) is 0 Å². The zero-order valence-electron chi connectivity index (χ0n) is 12.3. The first-order chi connectivity index (χ1) is 10.8. The third kappa shape index (κ3) is 3.86. The van der Waals surface area contributed by atoms with Gasteiger partial charge in [0.2, 0.25) is 0 Å². The minimum Gasteiger partial charge on any atom is -0.480 e. The average molecular weight is 321 g/mol. The fourth-order valence-corrected chi connectivity index (χ4v) is 2.38. The van der Waals surface area contributed by atoms with E-state index in [-0.39, 0.29) is 12.8 Å². The summed E-state index contributed by atoms with van der Waals surface area (Å²) in [6, 6.07) is 2.92. The summed E-state index contributed by atoms with van der Waals surface area (Å²) in [5, 5.41) is 28.3. The zero-order valence-corrected chi connectivity index (χ0v) is 12.3. The van der Waals surface area contributed by atoms with Crippen LogP contribution in [0.5, 0.6) is 0 Å². The number of fused-ring (bicyclic) bond motifs is 1. The van der Waals surface area contributed by atoms with Crippen molar-refractivity contribution in [2.75, 3.05) is 0 Å². The number of aromatic amines is 1. The van der Waals surface area contributed by atoms with Crippen molar-refractivity contribution in [3.8, 4) is 0 Å². The van der Waals surface area contributed by atoms with Gasteiger partial charge in [-0.25, -0.2) is 0 Å². The average Bonchev–Trinajstić information content (AvgIpc) is 2.88. The molecular weight excluding hydrogens is 302 g/mol. The van der Waals surface area contributed by atoms with Gasteiger partial charge in [-0.3, -0.25) is 9.59 Å². The number of benzene rings is 1. The van der Waals surface area contributed by atoms with Gasteiger partial charge < -0.3 is 31.8 Å². The number of aliphatic hydroxyl groups excluding tert-OH is 1. The van der Waals surface area contributed by atoms with E-state index in [0.29, 0.717) is 5.56 Å². The van der Waals surface area contributed by atoms with Crippen LogP contribution in [0.4, 0.5) is 0 Å². The molecule has 0 amide bonds. The molecular formula is C15H19N3O5. The molecule has 0 aliphatic heterocycles. The molecule has 0 aliphatic carbocycles. The molecule has 0 aliphatic rings. The predicted octanol–water partition coefficient (Wildman–Crippen LogP) is -0.562. The van der Waals surface area contributed by atoms with Crippen molar-refractivity contribution in [1.82, 2.24) is 4.98 Å². The topological polar surface area (TPSA) is 163 Å². The number of hydrogen-bond acceptors (Lipinski definition) is 5. The molecule has 0 bridgehead atoms. The largest absolute Gasteiger partial charge is 0.480 e. The second-order valence-corrected chi connectivity index (χ2v) is 5.48. The zero-order chi connectivity index (χ0) is 17.1. The number of aromatic nitrogens is 1. The lowest BCUT2D eigenvalue weighted by Crippen LogP contribution is -2.42. The van der Waals surface area contributed by atoms with Gasteiger partial charge in [0, 0.05) is 29.9 Å². The molecule has 0 saturated carbocycles. The number of H-pyrrole nitrogens is 1. The Kier molecular flexibility index (Phi) is 4.99. The van der Waals surface area contributed by atoms with Gasteiger partial charge in [0.25, 0.3) is 0 Å². The molecule has 2 rings (SSSR count). The smallest absolute Gasteiger partial charge is 0.323 e. The molecule has 23 heavy (non-hydrogen) atoms. The summed E-state index contributed by atoms with van der Waals surface area (Å²) in [5.41, 5.74) is 13.2. The van der Waals surface area contributed by atoms with Crippen LogP contribution in [-0.2, 0) is 22.4 Å². The Labute approximate surface area is 131 Å². The Morgan fingerprint density at radius 3 is 2.43 bits per heavy atom. The van der Waals surface area contributed by atoms with Crippen LogP contribution in [-0.4, -0.2) is 50.4 Å². The van der Waals surface area contributed by atoms with Crippen LogP contribution in [0.3, 0.4) is 0 Å². The first-order valence-electron chi connectivity index (χ1n) is 7.03. The summed E-state index contributed by atoms with van der Waals surface area (Å²) in [5.74, 6) is -2.35. The fourth-order valence-electron chi connectivity index (χ4n) is 2.38.